The van der Waals surface area contributed by atoms with E-state index in [0.717, 1.165) is 16.9 Å². The van der Waals surface area contributed by atoms with Gasteiger partial charge >= 0.3 is 0 Å². The number of hydrogen-bond acceptors (Lipinski definition) is 3. The Morgan fingerprint density at radius 3 is 2.40 bits per heavy atom. The number of benzene rings is 2. The Balaban J connectivity index is 1.98. The molecule has 0 saturated carbocycles. The second kappa shape index (κ2) is 6.52. The van der Waals surface area contributed by atoms with E-state index in [0.29, 0.717) is 6.61 Å². The molecule has 0 atom stereocenters. The van der Waals surface area contributed by atoms with Gasteiger partial charge < -0.3 is 4.74 Å². The maximum Gasteiger partial charge on any atom is 0.243 e. The molecule has 0 N–H and O–H groups in total. The normalized spacial score (nSPS) is 11.2. The molecule has 4 nitrogen and oxygen atoms in total. The quantitative estimate of drug-likeness (QED) is 0.611. The van der Waals surface area contributed by atoms with Gasteiger partial charge in [-0.05, 0) is 23.3 Å². The van der Waals surface area contributed by atoms with Crippen molar-refractivity contribution in [1.82, 2.24) is 0 Å². The molecule has 0 aliphatic heterocycles. The minimum atomic E-state index is -0.403. The maximum atomic E-state index is 10.5. The van der Waals surface area contributed by atoms with Gasteiger partial charge in [0.1, 0.15) is 12.4 Å². The molecule has 4 heteroatoms. The Labute approximate surface area is 117 Å². The zero-order chi connectivity index (χ0) is 14.4. The van der Waals surface area contributed by atoms with Gasteiger partial charge in [-0.25, -0.2) is 0 Å². The standard InChI is InChI=1S/C16H15NO3/c1-13(17(18)19)11-14-7-9-16(10-8-14)20-12-15-5-3-2-4-6-15/h2-11H,12H2,1H3/b13-11-. The average Bonchev–Trinajstić information content (AvgIpc) is 2.47. The van der Waals surface area contributed by atoms with Gasteiger partial charge in [0.15, 0.2) is 0 Å². The molecule has 0 unspecified atom stereocenters. The fraction of sp³-hybridized carbons (Fsp3) is 0.125. The van der Waals surface area contributed by atoms with Crippen LogP contribution in [0.4, 0.5) is 0 Å². The van der Waals surface area contributed by atoms with Gasteiger partial charge in [-0.1, -0.05) is 42.5 Å². The van der Waals surface area contributed by atoms with E-state index in [1.54, 1.807) is 12.1 Å². The third-order valence-electron chi connectivity index (χ3n) is 2.79. The minimum absolute atomic E-state index is 0.114. The summed E-state index contributed by atoms with van der Waals surface area (Å²) in [4.78, 5) is 10.1. The minimum Gasteiger partial charge on any atom is -0.489 e. The summed E-state index contributed by atoms with van der Waals surface area (Å²) in [7, 11) is 0. The van der Waals surface area contributed by atoms with E-state index < -0.39 is 4.92 Å². The highest BCUT2D eigenvalue weighted by atomic mass is 16.6. The predicted octanol–water partition coefficient (Wildman–Crippen LogP) is 3.90. The van der Waals surface area contributed by atoms with E-state index in [-0.39, 0.29) is 5.70 Å². The lowest BCUT2D eigenvalue weighted by molar-refractivity contribution is -0.422. The maximum absolute atomic E-state index is 10.5. The summed E-state index contributed by atoms with van der Waals surface area (Å²) in [5.41, 5.74) is 2.00. The van der Waals surface area contributed by atoms with Crippen molar-refractivity contribution >= 4 is 6.08 Å². The summed E-state index contributed by atoms with van der Waals surface area (Å²) >= 11 is 0. The second-order valence-electron chi connectivity index (χ2n) is 4.39. The Morgan fingerprint density at radius 1 is 1.15 bits per heavy atom. The molecule has 20 heavy (non-hydrogen) atoms. The summed E-state index contributed by atoms with van der Waals surface area (Å²) in [5, 5.41) is 10.5. The van der Waals surface area contributed by atoms with Gasteiger partial charge in [-0.3, -0.25) is 10.1 Å². The van der Waals surface area contributed by atoms with E-state index in [2.05, 4.69) is 0 Å². The molecule has 102 valence electrons. The van der Waals surface area contributed by atoms with Crippen molar-refractivity contribution in [3.05, 3.63) is 81.5 Å². The van der Waals surface area contributed by atoms with Crippen molar-refractivity contribution in [3.63, 3.8) is 0 Å². The van der Waals surface area contributed by atoms with Crippen LogP contribution >= 0.6 is 0 Å². The topological polar surface area (TPSA) is 52.4 Å². The van der Waals surface area contributed by atoms with Gasteiger partial charge in [0.2, 0.25) is 5.70 Å². The van der Waals surface area contributed by atoms with Crippen LogP contribution in [0.25, 0.3) is 6.08 Å². The van der Waals surface area contributed by atoms with Crippen molar-refractivity contribution < 1.29 is 9.66 Å². The second-order valence-corrected chi connectivity index (χ2v) is 4.39. The van der Waals surface area contributed by atoms with Gasteiger partial charge in [0.25, 0.3) is 0 Å². The van der Waals surface area contributed by atoms with Gasteiger partial charge in [-0.15, -0.1) is 0 Å². The summed E-state index contributed by atoms with van der Waals surface area (Å²) < 4.78 is 5.64. The Bertz CT molecular complexity index is 603. The lowest BCUT2D eigenvalue weighted by Gasteiger charge is -2.06. The highest BCUT2D eigenvalue weighted by molar-refractivity contribution is 5.51. The Kier molecular flexibility index (Phi) is 4.50. The molecular weight excluding hydrogens is 254 g/mol. The van der Waals surface area contributed by atoms with Crippen LogP contribution in [0.5, 0.6) is 5.75 Å². The number of nitrogens with zero attached hydrogens (tertiary/aromatic N) is 1. The molecule has 0 radical (unpaired) electrons. The Morgan fingerprint density at radius 2 is 1.80 bits per heavy atom. The summed E-state index contributed by atoms with van der Waals surface area (Å²) in [5.74, 6) is 0.741. The molecule has 0 spiro atoms. The van der Waals surface area contributed by atoms with Crippen molar-refractivity contribution in [2.45, 2.75) is 13.5 Å². The third kappa shape index (κ3) is 3.95. The molecule has 0 heterocycles. The van der Waals surface area contributed by atoms with Crippen molar-refractivity contribution in [2.75, 3.05) is 0 Å². The van der Waals surface area contributed by atoms with Crippen LogP contribution in [-0.4, -0.2) is 4.92 Å². The zero-order valence-corrected chi connectivity index (χ0v) is 11.2. The lowest BCUT2D eigenvalue weighted by Crippen LogP contribution is -1.95. The molecule has 2 aromatic rings. The van der Waals surface area contributed by atoms with Crippen LogP contribution in [-0.2, 0) is 6.61 Å². The van der Waals surface area contributed by atoms with Crippen LogP contribution in [0, 0.1) is 10.1 Å². The van der Waals surface area contributed by atoms with E-state index in [4.69, 9.17) is 4.74 Å². The number of allylic oxidation sites excluding steroid dienone is 1. The first kappa shape index (κ1) is 13.8. The van der Waals surface area contributed by atoms with Crippen molar-refractivity contribution in [3.8, 4) is 5.75 Å². The highest BCUT2D eigenvalue weighted by Gasteiger charge is 2.02. The highest BCUT2D eigenvalue weighted by Crippen LogP contribution is 2.16. The lowest BCUT2D eigenvalue weighted by atomic mass is 10.2. The molecule has 0 aliphatic rings. The third-order valence-corrected chi connectivity index (χ3v) is 2.79. The van der Waals surface area contributed by atoms with E-state index in [1.165, 1.54) is 13.0 Å². The molecule has 0 amide bonds. The van der Waals surface area contributed by atoms with Crippen LogP contribution in [0.2, 0.25) is 0 Å². The molecule has 0 aliphatic carbocycles. The van der Waals surface area contributed by atoms with E-state index >= 15 is 0 Å². The molecule has 0 bridgehead atoms. The first-order valence-electron chi connectivity index (χ1n) is 6.24. The smallest absolute Gasteiger partial charge is 0.243 e. The van der Waals surface area contributed by atoms with E-state index in [1.807, 2.05) is 42.5 Å². The summed E-state index contributed by atoms with van der Waals surface area (Å²) in [6, 6.07) is 17.1. The first-order valence-corrected chi connectivity index (χ1v) is 6.24. The van der Waals surface area contributed by atoms with Crippen molar-refractivity contribution in [2.24, 2.45) is 0 Å². The molecule has 2 rings (SSSR count). The van der Waals surface area contributed by atoms with Crippen LogP contribution in [0.15, 0.2) is 60.3 Å². The zero-order valence-electron chi connectivity index (χ0n) is 11.2. The molecule has 0 saturated heterocycles. The SMILES string of the molecule is C/C(=C/c1ccc(OCc2ccccc2)cc1)[N+](=O)[O-]. The van der Waals surface area contributed by atoms with Gasteiger partial charge in [-0.2, -0.15) is 0 Å². The van der Waals surface area contributed by atoms with Gasteiger partial charge in [0.05, 0.1) is 4.92 Å². The van der Waals surface area contributed by atoms with Crippen LogP contribution in [0.3, 0.4) is 0 Å². The fourth-order valence-corrected chi connectivity index (χ4v) is 1.70. The first-order chi connectivity index (χ1) is 9.65. The summed E-state index contributed by atoms with van der Waals surface area (Å²) in [6.07, 6.45) is 1.53. The van der Waals surface area contributed by atoms with E-state index in [9.17, 15) is 10.1 Å². The van der Waals surface area contributed by atoms with Crippen LogP contribution in [0.1, 0.15) is 18.1 Å². The number of hydrogen-bond donors (Lipinski definition) is 0. The summed E-state index contributed by atoms with van der Waals surface area (Å²) in [6.45, 7) is 1.98. The molecule has 0 fully saturated rings. The largest absolute Gasteiger partial charge is 0.489 e. The number of rotatable bonds is 5. The van der Waals surface area contributed by atoms with Gasteiger partial charge in [0, 0.05) is 13.0 Å². The van der Waals surface area contributed by atoms with Crippen LogP contribution < -0.4 is 4.74 Å². The average molecular weight is 269 g/mol. The Hall–Kier alpha value is -2.62. The molecule has 0 aromatic heterocycles. The van der Waals surface area contributed by atoms with Crippen molar-refractivity contribution in [1.29, 1.82) is 0 Å². The number of ether oxygens (including phenoxy) is 1. The number of nitro groups is 1. The molecular formula is C16H15NO3. The monoisotopic (exact) mass is 269 g/mol. The molecule has 2 aromatic carbocycles. The fourth-order valence-electron chi connectivity index (χ4n) is 1.70. The predicted molar refractivity (Wildman–Crippen MR) is 77.9 cm³/mol.